The van der Waals surface area contributed by atoms with Crippen molar-refractivity contribution in [1.82, 2.24) is 0 Å². The van der Waals surface area contributed by atoms with E-state index >= 15 is 0 Å². The van der Waals surface area contributed by atoms with E-state index in [0.717, 1.165) is 0 Å². The molecular formula is C10H10N2O4S. The highest BCUT2D eigenvalue weighted by Gasteiger charge is 2.06. The van der Waals surface area contributed by atoms with E-state index in [9.17, 15) is 18.3 Å². The average molecular weight is 254 g/mol. The van der Waals surface area contributed by atoms with E-state index in [1.165, 1.54) is 18.2 Å². The van der Waals surface area contributed by atoms with E-state index in [-0.39, 0.29) is 17.3 Å². The van der Waals surface area contributed by atoms with Crippen molar-refractivity contribution >= 4 is 27.8 Å². The second-order valence-corrected chi connectivity index (χ2v) is 3.86. The third-order valence-electron chi connectivity index (χ3n) is 1.79. The summed E-state index contributed by atoms with van der Waals surface area (Å²) in [5.41, 5.74) is 0.553. The second kappa shape index (κ2) is 5.26. The number of hydrogen-bond acceptors (Lipinski definition) is 5. The smallest absolute Gasteiger partial charge is 0.316 e. The van der Waals surface area contributed by atoms with Crippen molar-refractivity contribution in [2.45, 2.75) is 6.92 Å². The van der Waals surface area contributed by atoms with Gasteiger partial charge in [0.2, 0.25) is 0 Å². The Morgan fingerprint density at radius 1 is 1.47 bits per heavy atom. The van der Waals surface area contributed by atoms with Crippen LogP contribution in [0.2, 0.25) is 0 Å². The summed E-state index contributed by atoms with van der Waals surface area (Å²) >= 11 is 0. The zero-order valence-corrected chi connectivity index (χ0v) is 9.78. The van der Waals surface area contributed by atoms with Gasteiger partial charge in [0.25, 0.3) is 5.91 Å². The number of carbonyl (C=O) groups is 1. The summed E-state index contributed by atoms with van der Waals surface area (Å²) < 4.78 is 23.8. The first kappa shape index (κ1) is 12.9. The van der Waals surface area contributed by atoms with Crippen molar-refractivity contribution < 1.29 is 18.3 Å². The lowest BCUT2D eigenvalue weighted by Gasteiger charge is -2.05. The molecule has 1 amide bonds. The number of phenols is 1. The molecule has 0 saturated heterocycles. The summed E-state index contributed by atoms with van der Waals surface area (Å²) in [5, 5.41) is 11.9. The molecule has 7 heteroatoms. The number of rotatable bonds is 3. The molecule has 0 fully saturated rings. The molecule has 0 unspecified atom stereocenters. The summed E-state index contributed by atoms with van der Waals surface area (Å²) in [4.78, 5) is 11.3. The van der Waals surface area contributed by atoms with Gasteiger partial charge >= 0.3 is 10.5 Å². The van der Waals surface area contributed by atoms with E-state index in [1.807, 2.05) is 0 Å². The lowest BCUT2D eigenvalue weighted by molar-refractivity contribution is -0.112. The van der Waals surface area contributed by atoms with Crippen LogP contribution in [0.1, 0.15) is 6.92 Å². The second-order valence-electron chi connectivity index (χ2n) is 3.25. The number of nitrogens with one attached hydrogen (secondary N) is 1. The molecule has 0 bridgehead atoms. The lowest BCUT2D eigenvalue weighted by Crippen LogP contribution is -2.11. The molecule has 1 aromatic carbocycles. The minimum absolute atomic E-state index is 0.0911. The third-order valence-corrected chi connectivity index (χ3v) is 2.14. The Morgan fingerprint density at radius 3 is 2.59 bits per heavy atom. The van der Waals surface area contributed by atoms with Crippen molar-refractivity contribution in [3.63, 3.8) is 0 Å². The largest absolute Gasteiger partial charge is 0.506 e. The number of amides is 1. The van der Waals surface area contributed by atoms with Gasteiger partial charge in [0.1, 0.15) is 11.4 Å². The normalized spacial score (nSPS) is 9.47. The fourth-order valence-corrected chi connectivity index (χ4v) is 1.31. The van der Waals surface area contributed by atoms with E-state index in [4.69, 9.17) is 0 Å². The van der Waals surface area contributed by atoms with Gasteiger partial charge in [-0.3, -0.25) is 4.79 Å². The fraction of sp³-hybridized carbons (Fsp3) is 0.100. The SMILES string of the molecule is C=C(C)C(=O)Nc1ccc(N=S(=O)=O)c(O)c1. The summed E-state index contributed by atoms with van der Waals surface area (Å²) in [6.07, 6.45) is 0. The maximum Gasteiger partial charge on any atom is 0.316 e. The molecule has 2 N–H and O–H groups in total. The number of anilines is 1. The quantitative estimate of drug-likeness (QED) is 0.801. The Balaban J connectivity index is 3.01. The average Bonchev–Trinajstić information content (AvgIpc) is 2.21. The molecule has 1 aromatic rings. The number of carbonyl (C=O) groups excluding carboxylic acids is 1. The van der Waals surface area contributed by atoms with Crippen LogP contribution in [-0.4, -0.2) is 19.4 Å². The highest BCUT2D eigenvalue weighted by atomic mass is 32.2. The van der Waals surface area contributed by atoms with Crippen molar-refractivity contribution in [3.8, 4) is 5.75 Å². The molecule has 6 nitrogen and oxygen atoms in total. The summed E-state index contributed by atoms with van der Waals surface area (Å²) in [6.45, 7) is 5.00. The zero-order chi connectivity index (χ0) is 13.0. The van der Waals surface area contributed by atoms with Gasteiger partial charge in [-0.15, -0.1) is 4.36 Å². The van der Waals surface area contributed by atoms with Gasteiger partial charge in [-0.25, -0.2) is 0 Å². The van der Waals surface area contributed by atoms with Gasteiger partial charge < -0.3 is 10.4 Å². The molecule has 0 aliphatic rings. The van der Waals surface area contributed by atoms with Crippen LogP contribution < -0.4 is 5.32 Å². The molecule has 0 aliphatic heterocycles. The Hall–Kier alpha value is -2.15. The maximum absolute atomic E-state index is 11.3. The number of phenolic OH excluding ortho intramolecular Hbond substituents is 1. The van der Waals surface area contributed by atoms with Gasteiger partial charge in [-0.2, -0.15) is 8.42 Å². The Morgan fingerprint density at radius 2 is 2.12 bits per heavy atom. The van der Waals surface area contributed by atoms with Crippen LogP contribution in [-0.2, 0) is 15.3 Å². The van der Waals surface area contributed by atoms with E-state index in [1.54, 1.807) is 6.92 Å². The first-order chi connectivity index (χ1) is 7.90. The van der Waals surface area contributed by atoms with Gasteiger partial charge in [-0.1, -0.05) is 6.58 Å². The highest BCUT2D eigenvalue weighted by molar-refractivity contribution is 7.61. The van der Waals surface area contributed by atoms with Crippen LogP contribution in [0.4, 0.5) is 11.4 Å². The van der Waals surface area contributed by atoms with Crippen molar-refractivity contribution in [2.75, 3.05) is 5.32 Å². The molecule has 90 valence electrons. The Labute approximate surface area is 99.3 Å². The molecule has 1 rings (SSSR count). The van der Waals surface area contributed by atoms with Gasteiger partial charge in [-0.05, 0) is 19.1 Å². The molecule has 0 spiro atoms. The third kappa shape index (κ3) is 3.72. The standard InChI is InChI=1S/C10H10N2O4S/c1-6(2)10(14)11-7-3-4-8(9(13)5-7)12-17(15)16/h3-5,13H,1H2,2H3,(H,11,14). The minimum atomic E-state index is -2.64. The van der Waals surface area contributed by atoms with Crippen LogP contribution in [0.3, 0.4) is 0 Å². The minimum Gasteiger partial charge on any atom is -0.506 e. The van der Waals surface area contributed by atoms with Crippen LogP contribution in [0.15, 0.2) is 34.7 Å². The summed E-state index contributed by atoms with van der Waals surface area (Å²) in [6, 6.07) is 3.90. The van der Waals surface area contributed by atoms with Crippen molar-refractivity contribution in [3.05, 3.63) is 30.4 Å². The van der Waals surface area contributed by atoms with Gasteiger partial charge in [0.05, 0.1) is 0 Å². The van der Waals surface area contributed by atoms with Crippen LogP contribution in [0.25, 0.3) is 0 Å². The van der Waals surface area contributed by atoms with E-state index in [0.29, 0.717) is 11.3 Å². The highest BCUT2D eigenvalue weighted by Crippen LogP contribution is 2.29. The molecule has 0 heterocycles. The summed E-state index contributed by atoms with van der Waals surface area (Å²) in [7, 11) is -2.64. The topological polar surface area (TPSA) is 95.8 Å². The van der Waals surface area contributed by atoms with Gasteiger partial charge in [0, 0.05) is 17.3 Å². The number of benzene rings is 1. The van der Waals surface area contributed by atoms with E-state index in [2.05, 4.69) is 16.3 Å². The lowest BCUT2D eigenvalue weighted by atomic mass is 10.2. The van der Waals surface area contributed by atoms with Crippen LogP contribution in [0, 0.1) is 0 Å². The van der Waals surface area contributed by atoms with Gasteiger partial charge in [0.15, 0.2) is 0 Å². The fourth-order valence-electron chi connectivity index (χ4n) is 0.996. The van der Waals surface area contributed by atoms with Crippen LogP contribution in [0.5, 0.6) is 5.75 Å². The first-order valence-electron chi connectivity index (χ1n) is 4.51. The van der Waals surface area contributed by atoms with Crippen LogP contribution >= 0.6 is 0 Å². The number of hydrogen-bond donors (Lipinski definition) is 2. The molecule has 0 saturated carbocycles. The van der Waals surface area contributed by atoms with Crippen molar-refractivity contribution in [1.29, 1.82) is 0 Å². The maximum atomic E-state index is 11.3. The van der Waals surface area contributed by atoms with E-state index < -0.39 is 10.5 Å². The predicted molar refractivity (Wildman–Crippen MR) is 62.6 cm³/mol. The Bertz CT molecular complexity index is 597. The molecule has 0 radical (unpaired) electrons. The summed E-state index contributed by atoms with van der Waals surface area (Å²) in [5.74, 6) is -0.727. The number of aromatic hydroxyl groups is 1. The van der Waals surface area contributed by atoms with Crippen molar-refractivity contribution in [2.24, 2.45) is 4.36 Å². The molecule has 0 atom stereocenters. The Kier molecular flexibility index (Phi) is 4.00. The monoisotopic (exact) mass is 254 g/mol. The molecule has 0 aliphatic carbocycles. The first-order valence-corrected chi connectivity index (χ1v) is 5.54. The molecule has 0 aromatic heterocycles. The molecule has 17 heavy (non-hydrogen) atoms. The zero-order valence-electron chi connectivity index (χ0n) is 8.97. The number of nitrogens with zero attached hydrogens (tertiary/aromatic N) is 1. The predicted octanol–water partition coefficient (Wildman–Crippen LogP) is 1.60. The molecular weight excluding hydrogens is 244 g/mol.